The summed E-state index contributed by atoms with van der Waals surface area (Å²) in [7, 11) is -3.66. The summed E-state index contributed by atoms with van der Waals surface area (Å²) in [6.07, 6.45) is 1.02. The highest BCUT2D eigenvalue weighted by Gasteiger charge is 2.23. The molecule has 0 radical (unpaired) electrons. The summed E-state index contributed by atoms with van der Waals surface area (Å²) in [6.45, 7) is 5.43. The van der Waals surface area contributed by atoms with Crippen LogP contribution in [-0.2, 0) is 14.8 Å². The van der Waals surface area contributed by atoms with Crippen LogP contribution >= 0.6 is 0 Å². The minimum absolute atomic E-state index is 0.0836. The molecule has 2 rings (SSSR count). The molecule has 1 N–H and O–H groups in total. The van der Waals surface area contributed by atoms with Gasteiger partial charge in [-0.1, -0.05) is 31.1 Å². The topological polar surface area (TPSA) is 92.5 Å². The molecule has 1 amide bonds. The van der Waals surface area contributed by atoms with E-state index in [1.165, 1.54) is 6.07 Å². The zero-order chi connectivity index (χ0) is 17.9. The molecule has 0 atom stereocenters. The second kappa shape index (κ2) is 7.04. The fraction of sp³-hybridized carbons (Fsp3) is 0.375. The van der Waals surface area contributed by atoms with Crippen LogP contribution in [0.15, 0.2) is 34.9 Å². The summed E-state index contributed by atoms with van der Waals surface area (Å²) >= 11 is 0. The Morgan fingerprint density at radius 1 is 1.29 bits per heavy atom. The number of carbonyl (C=O) groups excluding carboxylic acids is 1. The molecular weight excluding hydrogens is 330 g/mol. The predicted molar refractivity (Wildman–Crippen MR) is 92.6 cm³/mol. The van der Waals surface area contributed by atoms with Crippen LogP contribution in [0.1, 0.15) is 31.1 Å². The molecule has 0 aliphatic rings. The predicted octanol–water partition coefficient (Wildman–Crippen LogP) is 2.51. The van der Waals surface area contributed by atoms with Gasteiger partial charge in [0.05, 0.1) is 6.26 Å². The number of aromatic nitrogens is 1. The number of nitrogens with zero attached hydrogens (tertiary/aromatic N) is 2. The molecule has 0 spiro atoms. The first kappa shape index (κ1) is 18.0. The van der Waals surface area contributed by atoms with Crippen molar-refractivity contribution in [2.45, 2.75) is 26.7 Å². The Labute approximate surface area is 141 Å². The lowest BCUT2D eigenvalue weighted by Gasteiger charge is -2.18. The summed E-state index contributed by atoms with van der Waals surface area (Å²) in [5, 5.41) is 6.35. The quantitative estimate of drug-likeness (QED) is 0.863. The van der Waals surface area contributed by atoms with Crippen LogP contribution in [0.25, 0.3) is 0 Å². The second-order valence-corrected chi connectivity index (χ2v) is 7.80. The number of amides is 1. The lowest BCUT2D eigenvalue weighted by Crippen LogP contribution is -2.37. The molecule has 24 heavy (non-hydrogen) atoms. The van der Waals surface area contributed by atoms with Gasteiger partial charge in [-0.2, -0.15) is 0 Å². The molecule has 0 saturated heterocycles. The highest BCUT2D eigenvalue weighted by molar-refractivity contribution is 7.92. The largest absolute Gasteiger partial charge is 0.360 e. The van der Waals surface area contributed by atoms with Crippen molar-refractivity contribution in [1.82, 2.24) is 5.16 Å². The second-order valence-electron chi connectivity index (χ2n) is 5.89. The van der Waals surface area contributed by atoms with Crippen LogP contribution in [0.4, 0.5) is 11.5 Å². The van der Waals surface area contributed by atoms with Crippen molar-refractivity contribution in [1.29, 1.82) is 0 Å². The SMILES string of the molecule is Cc1cc(N(CC(=O)Nc2ccc(C(C)C)cc2)S(C)(=O)=O)no1. The van der Waals surface area contributed by atoms with E-state index in [1.807, 2.05) is 12.1 Å². The average molecular weight is 351 g/mol. The Morgan fingerprint density at radius 2 is 1.92 bits per heavy atom. The van der Waals surface area contributed by atoms with Gasteiger partial charge in [0.25, 0.3) is 0 Å². The minimum Gasteiger partial charge on any atom is -0.360 e. The number of hydrogen-bond acceptors (Lipinski definition) is 5. The van der Waals surface area contributed by atoms with Crippen molar-refractivity contribution in [3.05, 3.63) is 41.7 Å². The maximum atomic E-state index is 12.2. The van der Waals surface area contributed by atoms with Gasteiger partial charge in [0.2, 0.25) is 15.9 Å². The summed E-state index contributed by atoms with van der Waals surface area (Å²) in [4.78, 5) is 12.2. The fourth-order valence-corrected chi connectivity index (χ4v) is 2.90. The van der Waals surface area contributed by atoms with Gasteiger partial charge in [0, 0.05) is 11.8 Å². The van der Waals surface area contributed by atoms with Crippen LogP contribution in [0.2, 0.25) is 0 Å². The van der Waals surface area contributed by atoms with Gasteiger partial charge < -0.3 is 9.84 Å². The molecule has 8 heteroatoms. The van der Waals surface area contributed by atoms with Gasteiger partial charge >= 0.3 is 0 Å². The Morgan fingerprint density at radius 3 is 2.38 bits per heavy atom. The molecule has 2 aromatic rings. The number of nitrogens with one attached hydrogen (secondary N) is 1. The summed E-state index contributed by atoms with van der Waals surface area (Å²) < 4.78 is 29.6. The Balaban J connectivity index is 2.11. The molecule has 1 aromatic heterocycles. The normalized spacial score (nSPS) is 11.5. The summed E-state index contributed by atoms with van der Waals surface area (Å²) in [5.41, 5.74) is 1.76. The molecule has 0 aliphatic carbocycles. The molecule has 1 aromatic carbocycles. The number of hydrogen-bond donors (Lipinski definition) is 1. The lowest BCUT2D eigenvalue weighted by atomic mass is 10.0. The van der Waals surface area contributed by atoms with Gasteiger partial charge in [-0.15, -0.1) is 0 Å². The van der Waals surface area contributed by atoms with E-state index in [4.69, 9.17) is 4.52 Å². The number of carbonyl (C=O) groups is 1. The molecule has 0 unspecified atom stereocenters. The number of aryl methyl sites for hydroxylation is 1. The number of rotatable bonds is 6. The van der Waals surface area contributed by atoms with Gasteiger partial charge in [-0.3, -0.25) is 4.79 Å². The first-order chi connectivity index (χ1) is 11.2. The van der Waals surface area contributed by atoms with Gasteiger partial charge in [-0.05, 0) is 30.5 Å². The van der Waals surface area contributed by atoms with Crippen molar-refractivity contribution < 1.29 is 17.7 Å². The van der Waals surface area contributed by atoms with Crippen LogP contribution < -0.4 is 9.62 Å². The smallest absolute Gasteiger partial charge is 0.245 e. The van der Waals surface area contributed by atoms with E-state index in [1.54, 1.807) is 19.1 Å². The first-order valence-electron chi connectivity index (χ1n) is 7.47. The zero-order valence-electron chi connectivity index (χ0n) is 14.1. The van der Waals surface area contributed by atoms with E-state index in [0.717, 1.165) is 16.1 Å². The first-order valence-corrected chi connectivity index (χ1v) is 9.32. The van der Waals surface area contributed by atoms with Crippen molar-refractivity contribution in [2.24, 2.45) is 0 Å². The fourth-order valence-electron chi connectivity index (χ4n) is 2.12. The van der Waals surface area contributed by atoms with Gasteiger partial charge in [-0.25, -0.2) is 12.7 Å². The minimum atomic E-state index is -3.66. The maximum absolute atomic E-state index is 12.2. The summed E-state index contributed by atoms with van der Waals surface area (Å²) in [6, 6.07) is 8.90. The van der Waals surface area contributed by atoms with E-state index in [0.29, 0.717) is 17.4 Å². The molecule has 7 nitrogen and oxygen atoms in total. The lowest BCUT2D eigenvalue weighted by molar-refractivity contribution is -0.114. The van der Waals surface area contributed by atoms with Crippen LogP contribution in [-0.4, -0.2) is 32.3 Å². The highest BCUT2D eigenvalue weighted by atomic mass is 32.2. The van der Waals surface area contributed by atoms with Gasteiger partial charge in [0.15, 0.2) is 5.82 Å². The summed E-state index contributed by atoms with van der Waals surface area (Å²) in [5.74, 6) is 0.480. The third-order valence-corrected chi connectivity index (χ3v) is 4.54. The third kappa shape index (κ3) is 4.58. The molecule has 0 saturated carbocycles. The van der Waals surface area contributed by atoms with E-state index >= 15 is 0 Å². The monoisotopic (exact) mass is 351 g/mol. The van der Waals surface area contributed by atoms with Gasteiger partial charge in [0.1, 0.15) is 12.3 Å². The Hall–Kier alpha value is -2.35. The Bertz CT molecular complexity index is 810. The highest BCUT2D eigenvalue weighted by Crippen LogP contribution is 2.19. The van der Waals surface area contributed by atoms with E-state index < -0.39 is 15.9 Å². The van der Waals surface area contributed by atoms with Crippen molar-refractivity contribution >= 4 is 27.4 Å². The number of sulfonamides is 1. The average Bonchev–Trinajstić information content (AvgIpc) is 2.90. The van der Waals surface area contributed by atoms with Crippen molar-refractivity contribution in [3.63, 3.8) is 0 Å². The van der Waals surface area contributed by atoms with Crippen LogP contribution in [0.5, 0.6) is 0 Å². The van der Waals surface area contributed by atoms with Crippen LogP contribution in [0, 0.1) is 6.92 Å². The molecule has 0 aliphatic heterocycles. The maximum Gasteiger partial charge on any atom is 0.245 e. The number of benzene rings is 1. The van der Waals surface area contributed by atoms with E-state index in [-0.39, 0.29) is 12.4 Å². The van der Waals surface area contributed by atoms with Crippen LogP contribution in [0.3, 0.4) is 0 Å². The van der Waals surface area contributed by atoms with Crippen molar-refractivity contribution in [2.75, 3.05) is 22.4 Å². The number of anilines is 2. The van der Waals surface area contributed by atoms with E-state index in [9.17, 15) is 13.2 Å². The molecule has 0 bridgehead atoms. The standard InChI is InChI=1S/C16H21N3O4S/c1-11(2)13-5-7-14(8-6-13)17-16(20)10-19(24(4,21)22)15-9-12(3)23-18-15/h5-9,11H,10H2,1-4H3,(H,17,20). The molecule has 130 valence electrons. The third-order valence-electron chi connectivity index (χ3n) is 3.42. The molecular formula is C16H21N3O4S. The molecule has 1 heterocycles. The van der Waals surface area contributed by atoms with E-state index in [2.05, 4.69) is 24.3 Å². The molecule has 0 fully saturated rings. The zero-order valence-corrected chi connectivity index (χ0v) is 14.9. The van der Waals surface area contributed by atoms with Crippen molar-refractivity contribution in [3.8, 4) is 0 Å². The Kier molecular flexibility index (Phi) is 5.28.